The third kappa shape index (κ3) is 5.27. The van der Waals surface area contributed by atoms with Gasteiger partial charge in [-0.2, -0.15) is 0 Å². The van der Waals surface area contributed by atoms with Crippen LogP contribution in [-0.4, -0.2) is 35.5 Å². The molecule has 2 heteroatoms. The summed E-state index contributed by atoms with van der Waals surface area (Å²) in [5.41, 5.74) is 4.28. The molecule has 0 spiro atoms. The quantitative estimate of drug-likeness (QED) is 0.353. The molecule has 0 N–H and O–H groups in total. The molecule has 1 atom stereocenters. The summed E-state index contributed by atoms with van der Waals surface area (Å²) < 4.78 is 0. The number of hydrogen-bond donors (Lipinski definition) is 0. The lowest BCUT2D eigenvalue weighted by molar-refractivity contribution is 0.0597. The Morgan fingerprint density at radius 2 is 1.25 bits per heavy atom. The number of piperazine rings is 1. The van der Waals surface area contributed by atoms with Crippen LogP contribution < -0.4 is 0 Å². The van der Waals surface area contributed by atoms with Gasteiger partial charge in [-0.1, -0.05) is 103 Å². The molecule has 0 radical (unpaired) electrons. The minimum Gasteiger partial charge on any atom is -0.296 e. The Bertz CT molecular complexity index is 1120. The van der Waals surface area contributed by atoms with Crippen LogP contribution in [0.25, 0.3) is 10.8 Å². The van der Waals surface area contributed by atoms with E-state index in [1.165, 1.54) is 33.9 Å². The molecule has 0 amide bonds. The molecular formula is C30H32N2. The van der Waals surface area contributed by atoms with Crippen molar-refractivity contribution < 1.29 is 0 Å². The van der Waals surface area contributed by atoms with Gasteiger partial charge in [0.15, 0.2) is 0 Å². The van der Waals surface area contributed by atoms with E-state index in [0.29, 0.717) is 6.04 Å². The molecule has 32 heavy (non-hydrogen) atoms. The lowest BCUT2D eigenvalue weighted by Gasteiger charge is -2.42. The third-order valence-corrected chi connectivity index (χ3v) is 6.75. The lowest BCUT2D eigenvalue weighted by Crippen LogP contribution is -2.52. The van der Waals surface area contributed by atoms with Crippen molar-refractivity contribution in [3.8, 4) is 0 Å². The largest absolute Gasteiger partial charge is 0.296 e. The number of nitrogens with zero attached hydrogens (tertiary/aromatic N) is 2. The summed E-state index contributed by atoms with van der Waals surface area (Å²) in [6, 6.07) is 38.1. The van der Waals surface area contributed by atoms with E-state index in [0.717, 1.165) is 39.1 Å². The van der Waals surface area contributed by atoms with E-state index >= 15 is 0 Å². The molecule has 0 saturated carbocycles. The van der Waals surface area contributed by atoms with Crippen molar-refractivity contribution in [2.75, 3.05) is 19.6 Å². The van der Waals surface area contributed by atoms with Gasteiger partial charge >= 0.3 is 0 Å². The molecule has 4 aromatic rings. The summed E-state index contributed by atoms with van der Waals surface area (Å²) in [6.45, 7) is 5.49. The standard InChI is InChI=1S/C30H32N2/c1-3-9-26(10-4-1)22-31-19-20-32(23-27-11-5-2-6-12-27)30(24-31)18-16-25-15-17-28-13-7-8-14-29(28)21-25/h1-15,17,21,30H,16,18-20,22-24H2. The van der Waals surface area contributed by atoms with Crippen molar-refractivity contribution in [2.45, 2.75) is 32.0 Å². The number of rotatable bonds is 7. The maximum atomic E-state index is 2.71. The molecule has 0 aliphatic carbocycles. The highest BCUT2D eigenvalue weighted by molar-refractivity contribution is 5.82. The van der Waals surface area contributed by atoms with E-state index in [1.54, 1.807) is 0 Å². The number of hydrogen-bond acceptors (Lipinski definition) is 2. The van der Waals surface area contributed by atoms with Gasteiger partial charge in [0.05, 0.1) is 0 Å². The fourth-order valence-electron chi connectivity index (χ4n) is 4.97. The molecule has 2 nitrogen and oxygen atoms in total. The topological polar surface area (TPSA) is 6.48 Å². The van der Waals surface area contributed by atoms with E-state index in [-0.39, 0.29) is 0 Å². The van der Waals surface area contributed by atoms with E-state index < -0.39 is 0 Å². The average Bonchev–Trinajstić information content (AvgIpc) is 2.85. The minimum absolute atomic E-state index is 0.569. The second-order valence-corrected chi connectivity index (χ2v) is 9.05. The van der Waals surface area contributed by atoms with Gasteiger partial charge in [-0.25, -0.2) is 0 Å². The van der Waals surface area contributed by atoms with Gasteiger partial charge in [0, 0.05) is 38.8 Å². The van der Waals surface area contributed by atoms with E-state index in [9.17, 15) is 0 Å². The van der Waals surface area contributed by atoms with Gasteiger partial charge in [-0.05, 0) is 40.3 Å². The maximum Gasteiger partial charge on any atom is 0.0237 e. The van der Waals surface area contributed by atoms with Gasteiger partial charge < -0.3 is 0 Å². The molecule has 1 fully saturated rings. The van der Waals surface area contributed by atoms with Crippen molar-refractivity contribution in [3.05, 3.63) is 120 Å². The van der Waals surface area contributed by atoms with Crippen molar-refractivity contribution in [1.29, 1.82) is 0 Å². The summed E-state index contributed by atoms with van der Waals surface area (Å²) in [5.74, 6) is 0. The van der Waals surface area contributed by atoms with Gasteiger partial charge in [0.1, 0.15) is 0 Å². The Labute approximate surface area is 192 Å². The monoisotopic (exact) mass is 420 g/mol. The van der Waals surface area contributed by atoms with Crippen LogP contribution in [0.1, 0.15) is 23.1 Å². The van der Waals surface area contributed by atoms with Crippen molar-refractivity contribution >= 4 is 10.8 Å². The Kier molecular flexibility index (Phi) is 6.62. The minimum atomic E-state index is 0.569. The molecule has 1 aliphatic heterocycles. The third-order valence-electron chi connectivity index (χ3n) is 6.75. The fraction of sp³-hybridized carbons (Fsp3) is 0.267. The van der Waals surface area contributed by atoms with Crippen molar-refractivity contribution in [2.24, 2.45) is 0 Å². The van der Waals surface area contributed by atoms with Gasteiger partial charge in [-0.15, -0.1) is 0 Å². The molecule has 4 aromatic carbocycles. The average molecular weight is 421 g/mol. The molecule has 0 aromatic heterocycles. The summed E-state index contributed by atoms with van der Waals surface area (Å²) >= 11 is 0. The Hall–Kier alpha value is -2.94. The SMILES string of the molecule is c1ccc(CN2CCN(Cc3ccccc3)C(CCc3ccc4ccccc4c3)C2)cc1. The number of fused-ring (bicyclic) bond motifs is 1. The summed E-state index contributed by atoms with van der Waals surface area (Å²) in [6.07, 6.45) is 2.32. The normalized spacial score (nSPS) is 17.6. The first-order chi connectivity index (χ1) is 15.8. The van der Waals surface area contributed by atoms with E-state index in [4.69, 9.17) is 0 Å². The molecular weight excluding hydrogens is 388 g/mol. The van der Waals surface area contributed by atoms with E-state index in [2.05, 4.69) is 113 Å². The molecule has 5 rings (SSSR count). The zero-order chi connectivity index (χ0) is 21.6. The zero-order valence-corrected chi connectivity index (χ0v) is 18.7. The van der Waals surface area contributed by atoms with Gasteiger partial charge in [0.2, 0.25) is 0 Å². The predicted molar refractivity (Wildman–Crippen MR) is 135 cm³/mol. The fourth-order valence-corrected chi connectivity index (χ4v) is 4.97. The maximum absolute atomic E-state index is 2.71. The van der Waals surface area contributed by atoms with Gasteiger partial charge in [-0.3, -0.25) is 9.80 Å². The Balaban J connectivity index is 1.29. The van der Waals surface area contributed by atoms with E-state index in [1.807, 2.05) is 0 Å². The summed E-state index contributed by atoms with van der Waals surface area (Å²) in [5, 5.41) is 2.68. The van der Waals surface area contributed by atoms with Crippen LogP contribution in [0, 0.1) is 0 Å². The van der Waals surface area contributed by atoms with Crippen molar-refractivity contribution in [1.82, 2.24) is 9.80 Å². The zero-order valence-electron chi connectivity index (χ0n) is 18.7. The lowest BCUT2D eigenvalue weighted by atomic mass is 9.98. The second-order valence-electron chi connectivity index (χ2n) is 9.05. The number of benzene rings is 4. The first kappa shape index (κ1) is 20.9. The first-order valence-corrected chi connectivity index (χ1v) is 11.9. The smallest absolute Gasteiger partial charge is 0.0237 e. The molecule has 1 unspecified atom stereocenters. The first-order valence-electron chi connectivity index (χ1n) is 11.9. The van der Waals surface area contributed by atoms with Gasteiger partial charge in [0.25, 0.3) is 0 Å². The Morgan fingerprint density at radius 3 is 2.00 bits per heavy atom. The van der Waals surface area contributed by atoms with Crippen LogP contribution in [0.5, 0.6) is 0 Å². The summed E-state index contributed by atoms with van der Waals surface area (Å²) in [4.78, 5) is 5.35. The molecule has 162 valence electrons. The molecule has 1 aliphatic rings. The Morgan fingerprint density at radius 1 is 0.594 bits per heavy atom. The van der Waals surface area contributed by atoms with Crippen LogP contribution in [0.3, 0.4) is 0 Å². The predicted octanol–water partition coefficient (Wildman–Crippen LogP) is 6.16. The molecule has 1 saturated heterocycles. The highest BCUT2D eigenvalue weighted by atomic mass is 15.3. The van der Waals surface area contributed by atoms with Crippen LogP contribution >= 0.6 is 0 Å². The van der Waals surface area contributed by atoms with Crippen LogP contribution in [-0.2, 0) is 19.5 Å². The van der Waals surface area contributed by atoms with Crippen LogP contribution in [0.4, 0.5) is 0 Å². The second kappa shape index (κ2) is 10.1. The highest BCUT2D eigenvalue weighted by Gasteiger charge is 2.26. The number of aryl methyl sites for hydroxylation is 1. The summed E-state index contributed by atoms with van der Waals surface area (Å²) in [7, 11) is 0. The van der Waals surface area contributed by atoms with Crippen LogP contribution in [0.2, 0.25) is 0 Å². The van der Waals surface area contributed by atoms with Crippen molar-refractivity contribution in [3.63, 3.8) is 0 Å². The molecule has 0 bridgehead atoms. The highest BCUT2D eigenvalue weighted by Crippen LogP contribution is 2.22. The molecule has 1 heterocycles. The van der Waals surface area contributed by atoms with Crippen LogP contribution in [0.15, 0.2) is 103 Å².